The van der Waals surface area contributed by atoms with Crippen LogP contribution in [0, 0.1) is 17.8 Å². The SMILES string of the molecule is C[C@@H]1[C@H](O)[C@@H](C)/C=C/C=C/C=C/C=C/C=C/C=C/C=C/[C@H](OC2O[C@H](C)[C@@H](O)[C@H](N(CCCNC(=O)OCC3c4ccccc4-c4ccccc43)CCCNC(=O)OCC3c4ccccc4-c4ccccc43)[C@@H]2O)CC2O[C@](O)(C[C@@H](O)C[C@@H](O)[C@H](O)CC[C@@H](O)C[C@@H](O)CC(=O)O[C@H]1C)C[C@H](O)[C@H]2C(=O)O. The quantitative estimate of drug-likeness (QED) is 0.0288. The molecule has 2 unspecified atom stereocenters. The smallest absolute Gasteiger partial charge is 0.407 e. The fourth-order valence-corrected chi connectivity index (χ4v) is 15.0. The van der Waals surface area contributed by atoms with Crippen LogP contribution in [0.2, 0.25) is 0 Å². The first-order chi connectivity index (χ1) is 51.4. The van der Waals surface area contributed by atoms with Gasteiger partial charge in [-0.1, -0.05) is 196 Å². The summed E-state index contributed by atoms with van der Waals surface area (Å²) in [7, 11) is 0. The molecule has 24 nitrogen and oxygen atoms in total. The summed E-state index contributed by atoms with van der Waals surface area (Å²) < 4.78 is 36.2. The van der Waals surface area contributed by atoms with Gasteiger partial charge in [-0.2, -0.15) is 0 Å². The number of cyclic esters (lactones) is 1. The number of carbonyl (C=O) groups is 4. The summed E-state index contributed by atoms with van der Waals surface area (Å²) in [5.74, 6) is -7.53. The van der Waals surface area contributed by atoms with E-state index in [1.54, 1.807) is 93.7 Å². The number of fused-ring (bicyclic) bond motifs is 8. The number of aliphatic hydroxyl groups is 10. The van der Waals surface area contributed by atoms with Gasteiger partial charge >= 0.3 is 24.1 Å². The highest BCUT2D eigenvalue weighted by Gasteiger charge is 2.52. The average Bonchev–Trinajstić information content (AvgIpc) is 1.67. The number of aliphatic carboxylic acids is 1. The normalized spacial score (nSPS) is 33.0. The van der Waals surface area contributed by atoms with Gasteiger partial charge < -0.3 is 95.2 Å². The number of rotatable bonds is 16. The van der Waals surface area contributed by atoms with E-state index in [9.17, 15) is 75.3 Å². The molecular weight excluding hydrogens is 1370 g/mol. The third-order valence-corrected chi connectivity index (χ3v) is 20.8. The zero-order valence-electron chi connectivity index (χ0n) is 61.1. The Hall–Kier alpha value is -8.02. The van der Waals surface area contributed by atoms with Gasteiger partial charge in [-0.05, 0) is 90.5 Å². The van der Waals surface area contributed by atoms with Gasteiger partial charge in [0.2, 0.25) is 0 Å². The monoisotopic (exact) mass is 1480 g/mol. The molecule has 3 heterocycles. The number of hydrogen-bond acceptors (Lipinski definition) is 21. The Morgan fingerprint density at radius 1 is 0.533 bits per heavy atom. The first kappa shape index (κ1) is 83.0. The van der Waals surface area contributed by atoms with Crippen LogP contribution in [0.15, 0.2) is 182 Å². The second-order valence-electron chi connectivity index (χ2n) is 28.7. The second kappa shape index (κ2) is 40.4. The van der Waals surface area contributed by atoms with Gasteiger partial charge in [0.25, 0.3) is 0 Å². The van der Waals surface area contributed by atoms with E-state index in [1.807, 2.05) is 115 Å². The Balaban J connectivity index is 0.915. The van der Waals surface area contributed by atoms with Crippen LogP contribution in [-0.4, -0.2) is 222 Å². The number of aliphatic hydroxyl groups excluding tert-OH is 9. The number of ether oxygens (including phenoxy) is 6. The van der Waals surface area contributed by atoms with Crippen LogP contribution in [0.3, 0.4) is 0 Å². The molecule has 2 saturated heterocycles. The van der Waals surface area contributed by atoms with E-state index in [1.165, 1.54) is 6.08 Å². The van der Waals surface area contributed by atoms with E-state index in [4.69, 9.17) is 28.4 Å². The summed E-state index contributed by atoms with van der Waals surface area (Å²) in [6, 6.07) is 30.9. The number of allylic oxidation sites excluding steroid dienone is 12. The molecule has 13 N–H and O–H groups in total. The van der Waals surface area contributed by atoms with E-state index in [0.29, 0.717) is 0 Å². The van der Waals surface area contributed by atoms with Gasteiger partial charge in [-0.3, -0.25) is 14.5 Å². The molecule has 24 heteroatoms. The van der Waals surface area contributed by atoms with Crippen molar-refractivity contribution < 1.29 is 104 Å². The predicted molar refractivity (Wildman–Crippen MR) is 400 cm³/mol. The van der Waals surface area contributed by atoms with Crippen molar-refractivity contribution in [3.63, 3.8) is 0 Å². The minimum absolute atomic E-state index is 0.0884. The second-order valence-corrected chi connectivity index (χ2v) is 28.7. The number of amides is 2. The van der Waals surface area contributed by atoms with Crippen LogP contribution in [0.5, 0.6) is 0 Å². The number of esters is 1. The summed E-state index contributed by atoms with van der Waals surface area (Å²) in [5, 5.41) is 131. The van der Waals surface area contributed by atoms with Crippen molar-refractivity contribution in [1.29, 1.82) is 0 Å². The van der Waals surface area contributed by atoms with Gasteiger partial charge in [-0.25, -0.2) is 9.59 Å². The van der Waals surface area contributed by atoms with Crippen molar-refractivity contribution in [2.24, 2.45) is 17.8 Å². The summed E-state index contributed by atoms with van der Waals surface area (Å²) in [6.07, 6.45) is 0.990. The molecule has 4 aromatic carbocycles. The molecule has 107 heavy (non-hydrogen) atoms. The van der Waals surface area contributed by atoms with E-state index in [-0.39, 0.29) is 89.3 Å². The highest BCUT2D eigenvalue weighted by atomic mass is 16.7. The van der Waals surface area contributed by atoms with Crippen LogP contribution in [-0.2, 0) is 38.0 Å². The molecule has 4 aromatic rings. The molecule has 2 aliphatic carbocycles. The molecular formula is C83H107N3O21. The molecule has 580 valence electrons. The molecule has 2 fully saturated rings. The van der Waals surface area contributed by atoms with Crippen molar-refractivity contribution in [2.45, 2.75) is 201 Å². The molecule has 2 amide bonds. The number of carboxylic acid groups (broad SMARTS) is 1. The predicted octanol–water partition coefficient (Wildman–Crippen LogP) is 7.91. The minimum atomic E-state index is -2.43. The first-order valence-corrected chi connectivity index (χ1v) is 37.3. The van der Waals surface area contributed by atoms with Crippen molar-refractivity contribution in [2.75, 3.05) is 39.4 Å². The lowest BCUT2D eigenvalue weighted by atomic mass is 9.82. The average molecular weight is 1480 g/mol. The lowest BCUT2D eigenvalue weighted by Crippen LogP contribution is -2.64. The van der Waals surface area contributed by atoms with Crippen LogP contribution in [0.4, 0.5) is 9.59 Å². The number of alkyl carbamates (subject to hydrolysis) is 2. The third kappa shape index (κ3) is 23.3. The van der Waals surface area contributed by atoms with Gasteiger partial charge in [0.1, 0.15) is 31.3 Å². The van der Waals surface area contributed by atoms with Gasteiger partial charge in [-0.15, -0.1) is 0 Å². The standard InChI is InChI=1S/C83H107N3O21/c1-51-27-15-13-11-9-7-5-6-8-10-12-14-16-28-58(46-72-74(79(97)98)71(92)48-83(101,107-72)47-57(89)44-70(91)69(90)38-37-55(87)43-56(88)45-73(93)104-53(3)52(2)76(51)94)106-80-78(96)75(77(95)54(4)105-80)86(41-25-39-84-81(99)102-49-67-63-33-21-17-29-59(63)60-30-18-22-34-64(60)67)42-26-40-85-82(100)103-50-68-65-35-23-19-31-61(65)62-32-20-24-36-66(62)68/h5-24,27-36,51-58,67-72,74-78,80,87-92,94-96,101H,25-26,37-50H2,1-4H3,(H,84,99)(H,85,100)(H,97,98)/b6-5+,9-7+,10-8+,13-11+,14-12+,27-15+,28-16+/t51-,52-,53-,54+,55+,56+,57-,58-,69+,70+,71-,72?,74+,75-,76+,77+,78-,80?,83+/m0/s1. The van der Waals surface area contributed by atoms with Crippen molar-refractivity contribution in [1.82, 2.24) is 15.5 Å². The fraction of sp³-hybridized carbons (Fsp3) is 0.494. The highest BCUT2D eigenvalue weighted by Crippen LogP contribution is 2.46. The molecule has 9 rings (SSSR count). The number of hydrogen-bond donors (Lipinski definition) is 13. The highest BCUT2D eigenvalue weighted by molar-refractivity contribution is 5.80. The lowest BCUT2D eigenvalue weighted by Gasteiger charge is -2.47. The Kier molecular flexibility index (Phi) is 31.4. The molecule has 3 aliphatic heterocycles. The molecule has 19 atom stereocenters. The fourth-order valence-electron chi connectivity index (χ4n) is 15.0. The summed E-state index contributed by atoms with van der Waals surface area (Å²) >= 11 is 0. The maximum Gasteiger partial charge on any atom is 0.407 e. The van der Waals surface area contributed by atoms with Gasteiger partial charge in [0.05, 0.1) is 79.6 Å². The number of nitrogens with zero attached hydrogens (tertiary/aromatic N) is 1. The lowest BCUT2D eigenvalue weighted by molar-refractivity contribution is -0.312. The molecule has 5 aliphatic rings. The third-order valence-electron chi connectivity index (χ3n) is 20.8. The number of carbonyl (C=O) groups excluding carboxylic acids is 3. The first-order valence-electron chi connectivity index (χ1n) is 37.3. The van der Waals surface area contributed by atoms with Crippen molar-refractivity contribution >= 4 is 24.1 Å². The molecule has 0 radical (unpaired) electrons. The summed E-state index contributed by atoms with van der Waals surface area (Å²) in [5.41, 5.74) is 8.53. The molecule has 0 spiro atoms. The van der Waals surface area contributed by atoms with Crippen LogP contribution < -0.4 is 10.6 Å². The number of nitrogens with one attached hydrogen (secondary N) is 2. The van der Waals surface area contributed by atoms with E-state index in [0.717, 1.165) is 44.5 Å². The van der Waals surface area contributed by atoms with Crippen molar-refractivity contribution in [3.05, 3.63) is 204 Å². The Morgan fingerprint density at radius 3 is 1.50 bits per heavy atom. The molecule has 2 bridgehead atoms. The van der Waals surface area contributed by atoms with Crippen molar-refractivity contribution in [3.8, 4) is 22.3 Å². The summed E-state index contributed by atoms with van der Waals surface area (Å²) in [4.78, 5) is 54.6. The van der Waals surface area contributed by atoms with E-state index in [2.05, 4.69) is 10.6 Å². The van der Waals surface area contributed by atoms with E-state index < -0.39 is 166 Å². The van der Waals surface area contributed by atoms with Gasteiger partial charge in [0, 0.05) is 75.5 Å². The summed E-state index contributed by atoms with van der Waals surface area (Å²) in [6.45, 7) is 7.54. The van der Waals surface area contributed by atoms with Crippen LogP contribution >= 0.6 is 0 Å². The van der Waals surface area contributed by atoms with Gasteiger partial charge in [0.15, 0.2) is 12.1 Å². The Labute approximate surface area is 625 Å². The Morgan fingerprint density at radius 2 is 1.01 bits per heavy atom. The zero-order chi connectivity index (χ0) is 76.7. The van der Waals surface area contributed by atoms with Crippen LogP contribution in [0.25, 0.3) is 22.3 Å². The molecule has 0 aromatic heterocycles. The molecule has 0 saturated carbocycles. The van der Waals surface area contributed by atoms with Crippen LogP contribution in [0.1, 0.15) is 126 Å². The van der Waals surface area contributed by atoms with E-state index >= 15 is 0 Å². The largest absolute Gasteiger partial charge is 0.481 e. The maximum atomic E-state index is 13.4. The minimum Gasteiger partial charge on any atom is -0.481 e. The Bertz CT molecular complexity index is 3550. The topological polar surface area (TPSA) is 373 Å². The maximum absolute atomic E-state index is 13.4. The zero-order valence-corrected chi connectivity index (χ0v) is 61.1. The number of benzene rings is 4. The number of carboxylic acids is 1.